The van der Waals surface area contributed by atoms with Crippen LogP contribution in [0, 0.1) is 0 Å². The fourth-order valence-electron chi connectivity index (χ4n) is 3.42. The van der Waals surface area contributed by atoms with Crippen LogP contribution in [0.2, 0.25) is 0 Å². The van der Waals surface area contributed by atoms with Crippen LogP contribution in [0.4, 0.5) is 5.69 Å². The highest BCUT2D eigenvalue weighted by atomic mass is 32.2. The molecule has 10 heteroatoms. The molecule has 1 atom stereocenters. The number of carbonyl (C=O) groups excluding carboxylic acids is 2. The van der Waals surface area contributed by atoms with Gasteiger partial charge in [0.1, 0.15) is 6.04 Å². The van der Waals surface area contributed by atoms with Crippen molar-refractivity contribution < 1.29 is 28.5 Å². The van der Waals surface area contributed by atoms with Crippen LogP contribution in [0.5, 0.6) is 17.2 Å². The van der Waals surface area contributed by atoms with Crippen molar-refractivity contribution in [1.82, 2.24) is 5.32 Å². The highest BCUT2D eigenvalue weighted by Crippen LogP contribution is 2.43. The van der Waals surface area contributed by atoms with Crippen molar-refractivity contribution in [3.8, 4) is 17.2 Å². The van der Waals surface area contributed by atoms with E-state index >= 15 is 0 Å². The molecule has 34 heavy (non-hydrogen) atoms. The molecule has 0 unspecified atom stereocenters. The third-order valence-electron chi connectivity index (χ3n) is 5.05. The fraction of sp³-hybridized carbons (Fsp3) is 0.292. The summed E-state index contributed by atoms with van der Waals surface area (Å²) in [4.78, 5) is 29.8. The normalized spacial score (nSPS) is 15.1. The first kappa shape index (κ1) is 25.0. The molecular weight excluding hydrogens is 458 g/mol. The van der Waals surface area contributed by atoms with Crippen molar-refractivity contribution >= 4 is 34.5 Å². The molecule has 0 aliphatic carbocycles. The second kappa shape index (κ2) is 11.5. The lowest BCUT2D eigenvalue weighted by Gasteiger charge is -2.27. The zero-order valence-corrected chi connectivity index (χ0v) is 20.4. The Morgan fingerprint density at radius 1 is 1.03 bits per heavy atom. The predicted molar refractivity (Wildman–Crippen MR) is 132 cm³/mol. The number of nitrogens with zero attached hydrogens (tertiary/aromatic N) is 1. The third-order valence-corrected chi connectivity index (χ3v) is 5.91. The fourth-order valence-corrected chi connectivity index (χ4v) is 4.20. The number of thioether (sulfide) groups is 1. The first-order valence-corrected chi connectivity index (χ1v) is 11.3. The number of aliphatic imine (C=N–C) groups is 1. The molecule has 0 saturated carbocycles. The molecule has 9 nitrogen and oxygen atoms in total. The number of amides is 1. The number of carbonyl (C=O) groups is 2. The predicted octanol–water partition coefficient (Wildman–Crippen LogP) is 3.53. The average molecular weight is 486 g/mol. The molecule has 0 aromatic heterocycles. The highest BCUT2D eigenvalue weighted by molar-refractivity contribution is 8.14. The minimum atomic E-state index is -0.696. The molecule has 180 valence electrons. The van der Waals surface area contributed by atoms with Gasteiger partial charge in [-0.2, -0.15) is 0 Å². The number of esters is 1. The molecular formula is C24H27N3O6S. The lowest BCUT2D eigenvalue weighted by Crippen LogP contribution is -2.32. The number of para-hydroxylation sites is 1. The standard InChI is InChI=1S/C24H27N3O6S/c1-14-20(23(29)26-16-9-7-6-8-10-16)21(27-24(25-14)34-13-19(28)32-4)15-11-17(30-2)22(33-5)18(12-15)31-3/h6-12,21H,13H2,1-5H3,(H,25,27)(H,26,29)/t21-/m1/s1. The van der Waals surface area contributed by atoms with Gasteiger partial charge in [-0.25, -0.2) is 4.99 Å². The molecule has 1 amide bonds. The van der Waals surface area contributed by atoms with E-state index in [9.17, 15) is 9.59 Å². The largest absolute Gasteiger partial charge is 0.493 e. The molecule has 2 aromatic carbocycles. The molecule has 0 fully saturated rings. The van der Waals surface area contributed by atoms with Crippen molar-refractivity contribution in [3.63, 3.8) is 0 Å². The van der Waals surface area contributed by atoms with Gasteiger partial charge in [-0.1, -0.05) is 30.0 Å². The van der Waals surface area contributed by atoms with E-state index in [1.165, 1.54) is 40.2 Å². The Bertz CT molecular complexity index is 1090. The first-order valence-electron chi connectivity index (χ1n) is 10.3. The van der Waals surface area contributed by atoms with Gasteiger partial charge in [-0.05, 0) is 36.8 Å². The summed E-state index contributed by atoms with van der Waals surface area (Å²) in [6.07, 6.45) is 0. The maximum absolute atomic E-state index is 13.4. The summed E-state index contributed by atoms with van der Waals surface area (Å²) >= 11 is 1.19. The SMILES string of the molecule is COC(=O)CSC1=N[C@H](c2cc(OC)c(OC)c(OC)c2)C(C(=O)Nc2ccccc2)=C(C)N1. The number of hydrogen-bond donors (Lipinski definition) is 2. The molecule has 1 aliphatic heterocycles. The summed E-state index contributed by atoms with van der Waals surface area (Å²) in [5.41, 5.74) is 2.34. The Kier molecular flexibility index (Phi) is 8.42. The van der Waals surface area contributed by atoms with E-state index in [0.717, 1.165) is 0 Å². The molecule has 2 aromatic rings. The monoisotopic (exact) mass is 485 g/mol. The summed E-state index contributed by atoms with van der Waals surface area (Å²) in [5, 5.41) is 6.53. The number of methoxy groups -OCH3 is 4. The summed E-state index contributed by atoms with van der Waals surface area (Å²) in [7, 11) is 5.89. The quantitative estimate of drug-likeness (QED) is 0.547. The summed E-state index contributed by atoms with van der Waals surface area (Å²) < 4.78 is 21.1. The Morgan fingerprint density at radius 3 is 2.24 bits per heavy atom. The Labute approximate surface area is 202 Å². The van der Waals surface area contributed by atoms with Crippen molar-refractivity contribution in [2.75, 3.05) is 39.5 Å². The van der Waals surface area contributed by atoms with E-state index < -0.39 is 6.04 Å². The van der Waals surface area contributed by atoms with Crippen LogP contribution in [-0.4, -0.2) is 51.2 Å². The maximum Gasteiger partial charge on any atom is 0.316 e. The number of allylic oxidation sites excluding steroid dienone is 1. The maximum atomic E-state index is 13.4. The molecule has 1 heterocycles. The average Bonchev–Trinajstić information content (AvgIpc) is 2.86. The van der Waals surface area contributed by atoms with Crippen LogP contribution < -0.4 is 24.8 Å². The van der Waals surface area contributed by atoms with Gasteiger partial charge in [0.25, 0.3) is 5.91 Å². The smallest absolute Gasteiger partial charge is 0.316 e. The topological polar surface area (TPSA) is 107 Å². The van der Waals surface area contributed by atoms with E-state index in [1.54, 1.807) is 31.2 Å². The van der Waals surface area contributed by atoms with Gasteiger partial charge >= 0.3 is 5.97 Å². The van der Waals surface area contributed by atoms with Crippen LogP contribution in [0.15, 0.2) is 58.7 Å². The summed E-state index contributed by atoms with van der Waals surface area (Å²) in [5.74, 6) is 0.694. The van der Waals surface area contributed by atoms with Crippen molar-refractivity contribution in [1.29, 1.82) is 0 Å². The third kappa shape index (κ3) is 5.63. The molecule has 0 bridgehead atoms. The molecule has 0 saturated heterocycles. The van der Waals surface area contributed by atoms with Gasteiger partial charge in [0, 0.05) is 11.4 Å². The second-order valence-corrected chi connectivity index (χ2v) is 8.11. The summed E-state index contributed by atoms with van der Waals surface area (Å²) in [6, 6.07) is 12.0. The number of anilines is 1. The van der Waals surface area contributed by atoms with Crippen LogP contribution in [0.3, 0.4) is 0 Å². The Hall–Kier alpha value is -3.66. The lowest BCUT2D eigenvalue weighted by atomic mass is 9.95. The van der Waals surface area contributed by atoms with Crippen molar-refractivity contribution in [2.45, 2.75) is 13.0 Å². The van der Waals surface area contributed by atoms with Crippen LogP contribution in [0.1, 0.15) is 18.5 Å². The van der Waals surface area contributed by atoms with E-state index in [-0.39, 0.29) is 17.6 Å². The Balaban J connectivity index is 2.06. The van der Waals surface area contributed by atoms with Gasteiger partial charge in [0.2, 0.25) is 5.75 Å². The second-order valence-electron chi connectivity index (χ2n) is 7.14. The number of amidine groups is 1. The van der Waals surface area contributed by atoms with Crippen LogP contribution >= 0.6 is 11.8 Å². The highest BCUT2D eigenvalue weighted by Gasteiger charge is 2.31. The number of nitrogens with one attached hydrogen (secondary N) is 2. The molecule has 0 spiro atoms. The number of hydrogen-bond acceptors (Lipinski definition) is 9. The van der Waals surface area contributed by atoms with Crippen molar-refractivity contribution in [2.24, 2.45) is 4.99 Å². The molecule has 2 N–H and O–H groups in total. The van der Waals surface area contributed by atoms with E-state index in [0.29, 0.717) is 44.9 Å². The minimum absolute atomic E-state index is 0.0726. The number of rotatable bonds is 8. The molecule has 1 aliphatic rings. The van der Waals surface area contributed by atoms with Crippen LogP contribution in [0.25, 0.3) is 0 Å². The Morgan fingerprint density at radius 2 is 1.68 bits per heavy atom. The number of ether oxygens (including phenoxy) is 4. The first-order chi connectivity index (χ1) is 16.4. The summed E-state index contributed by atoms with van der Waals surface area (Å²) in [6.45, 7) is 1.79. The van der Waals surface area contributed by atoms with Gasteiger partial charge in [-0.3, -0.25) is 9.59 Å². The van der Waals surface area contributed by atoms with Gasteiger partial charge in [0.15, 0.2) is 16.7 Å². The van der Waals surface area contributed by atoms with Gasteiger partial charge in [0.05, 0.1) is 39.8 Å². The van der Waals surface area contributed by atoms with Crippen molar-refractivity contribution in [3.05, 3.63) is 59.3 Å². The van der Waals surface area contributed by atoms with Crippen LogP contribution in [-0.2, 0) is 14.3 Å². The van der Waals surface area contributed by atoms with E-state index in [2.05, 4.69) is 10.6 Å². The zero-order valence-electron chi connectivity index (χ0n) is 19.6. The van der Waals surface area contributed by atoms with Gasteiger partial charge in [-0.15, -0.1) is 0 Å². The zero-order chi connectivity index (χ0) is 24.7. The number of benzene rings is 2. The molecule has 0 radical (unpaired) electrons. The minimum Gasteiger partial charge on any atom is -0.493 e. The molecule has 3 rings (SSSR count). The van der Waals surface area contributed by atoms with E-state index in [1.807, 2.05) is 18.2 Å². The van der Waals surface area contributed by atoms with E-state index in [4.69, 9.17) is 23.9 Å². The lowest BCUT2D eigenvalue weighted by molar-refractivity contribution is -0.137. The van der Waals surface area contributed by atoms with Gasteiger partial charge < -0.3 is 29.6 Å².